The highest BCUT2D eigenvalue weighted by atomic mass is 32.2. The van der Waals surface area contributed by atoms with Crippen molar-refractivity contribution in [2.45, 2.75) is 30.4 Å². The minimum Gasteiger partial charge on any atom is -0.505 e. The van der Waals surface area contributed by atoms with Crippen molar-refractivity contribution >= 4 is 39.3 Å². The molecule has 0 saturated heterocycles. The Bertz CT molecular complexity index is 1010. The molecule has 2 heterocycles. The third-order valence-electron chi connectivity index (χ3n) is 4.10. The summed E-state index contributed by atoms with van der Waals surface area (Å²) in [5, 5.41) is 16.8. The molecule has 28 heavy (non-hydrogen) atoms. The number of hydrogen-bond acceptors (Lipinski definition) is 8. The standard InChI is InChI=1S/C18H21N3O5S2/c1-3-4-9-28(24,25)11-12-10-15(20-26-12)19-18(23)16-17(22)13-7-5-6-8-14(13)27-21(16)2/h5-8,10,22H,3-4,9,11H2,1-2H3,(H,19,20,23). The predicted molar refractivity (Wildman–Crippen MR) is 107 cm³/mol. The van der Waals surface area contributed by atoms with Crippen molar-refractivity contribution < 1.29 is 22.8 Å². The maximum Gasteiger partial charge on any atom is 0.277 e. The summed E-state index contributed by atoms with van der Waals surface area (Å²) < 4.78 is 30.6. The van der Waals surface area contributed by atoms with Crippen molar-refractivity contribution in [2.75, 3.05) is 18.1 Å². The second kappa shape index (κ2) is 8.27. The number of nitrogens with zero attached hydrogens (tertiary/aromatic N) is 2. The molecule has 0 saturated carbocycles. The van der Waals surface area contributed by atoms with E-state index in [-0.39, 0.29) is 34.5 Å². The van der Waals surface area contributed by atoms with Gasteiger partial charge in [-0.05, 0) is 30.5 Å². The summed E-state index contributed by atoms with van der Waals surface area (Å²) in [5.41, 5.74) is 0.641. The molecule has 0 spiro atoms. The van der Waals surface area contributed by atoms with Crippen LogP contribution in [0.4, 0.5) is 5.82 Å². The number of carbonyl (C=O) groups is 1. The molecule has 1 aromatic heterocycles. The number of hydrogen-bond donors (Lipinski definition) is 2. The number of benzene rings is 1. The molecule has 0 aliphatic carbocycles. The Hall–Kier alpha value is -2.46. The molecule has 0 fully saturated rings. The van der Waals surface area contributed by atoms with Gasteiger partial charge in [0.1, 0.15) is 5.75 Å². The highest BCUT2D eigenvalue weighted by molar-refractivity contribution is 7.97. The molecular formula is C18H21N3O5S2. The van der Waals surface area contributed by atoms with Crippen LogP contribution in [0.1, 0.15) is 31.1 Å². The van der Waals surface area contributed by atoms with Gasteiger partial charge in [0.05, 0.1) is 5.75 Å². The second-order valence-electron chi connectivity index (χ2n) is 6.36. The van der Waals surface area contributed by atoms with Crippen LogP contribution in [0.25, 0.3) is 5.76 Å². The van der Waals surface area contributed by atoms with Crippen LogP contribution in [0.2, 0.25) is 0 Å². The van der Waals surface area contributed by atoms with E-state index in [1.807, 2.05) is 19.1 Å². The Balaban J connectivity index is 1.75. The number of aliphatic hydroxyl groups excluding tert-OH is 1. The number of aliphatic hydroxyl groups is 1. The minimum atomic E-state index is -3.29. The van der Waals surface area contributed by atoms with Gasteiger partial charge in [0.2, 0.25) is 0 Å². The molecular weight excluding hydrogens is 402 g/mol. The van der Waals surface area contributed by atoms with Crippen LogP contribution in [0.3, 0.4) is 0 Å². The molecule has 2 N–H and O–H groups in total. The van der Waals surface area contributed by atoms with Gasteiger partial charge in [0.25, 0.3) is 5.91 Å². The Morgan fingerprint density at radius 3 is 2.86 bits per heavy atom. The van der Waals surface area contributed by atoms with Gasteiger partial charge in [-0.2, -0.15) is 0 Å². The van der Waals surface area contributed by atoms with Crippen LogP contribution in [0.5, 0.6) is 0 Å². The first-order valence-electron chi connectivity index (χ1n) is 8.72. The van der Waals surface area contributed by atoms with Crippen molar-refractivity contribution in [3.05, 3.63) is 47.4 Å². The van der Waals surface area contributed by atoms with Crippen LogP contribution in [-0.4, -0.2) is 41.7 Å². The largest absolute Gasteiger partial charge is 0.505 e. The number of anilines is 1. The highest BCUT2D eigenvalue weighted by Crippen LogP contribution is 2.38. The lowest BCUT2D eigenvalue weighted by atomic mass is 10.1. The smallest absolute Gasteiger partial charge is 0.277 e. The van der Waals surface area contributed by atoms with E-state index >= 15 is 0 Å². The molecule has 0 radical (unpaired) electrons. The predicted octanol–water partition coefficient (Wildman–Crippen LogP) is 3.21. The maximum absolute atomic E-state index is 12.7. The fourth-order valence-corrected chi connectivity index (χ4v) is 5.13. The Morgan fingerprint density at radius 2 is 2.11 bits per heavy atom. The summed E-state index contributed by atoms with van der Waals surface area (Å²) >= 11 is 1.31. The number of rotatable bonds is 7. The number of likely N-dealkylation sites (N-methyl/N-ethyl adjacent to an activating group) is 1. The normalized spacial score (nSPS) is 14.1. The van der Waals surface area contributed by atoms with E-state index in [1.165, 1.54) is 18.0 Å². The summed E-state index contributed by atoms with van der Waals surface area (Å²) in [6.45, 7) is 1.92. The average Bonchev–Trinajstić information content (AvgIpc) is 3.06. The lowest BCUT2D eigenvalue weighted by Crippen LogP contribution is -2.27. The van der Waals surface area contributed by atoms with Gasteiger partial charge in [0, 0.05) is 23.6 Å². The van der Waals surface area contributed by atoms with E-state index in [9.17, 15) is 18.3 Å². The van der Waals surface area contributed by atoms with Gasteiger partial charge < -0.3 is 19.3 Å². The van der Waals surface area contributed by atoms with E-state index in [0.29, 0.717) is 12.0 Å². The zero-order valence-corrected chi connectivity index (χ0v) is 17.1. The molecule has 1 amide bonds. The molecule has 1 aliphatic heterocycles. The Labute approximate surface area is 167 Å². The fraction of sp³-hybridized carbons (Fsp3) is 0.333. The van der Waals surface area contributed by atoms with Crippen LogP contribution in [0.15, 0.2) is 45.4 Å². The van der Waals surface area contributed by atoms with Crippen molar-refractivity contribution in [1.82, 2.24) is 9.46 Å². The number of amides is 1. The van der Waals surface area contributed by atoms with Gasteiger partial charge in [-0.3, -0.25) is 4.79 Å². The summed E-state index contributed by atoms with van der Waals surface area (Å²) in [5.74, 6) is -0.665. The van der Waals surface area contributed by atoms with Crippen molar-refractivity contribution in [3.63, 3.8) is 0 Å². The third-order valence-corrected chi connectivity index (χ3v) is 6.75. The van der Waals surface area contributed by atoms with Gasteiger partial charge >= 0.3 is 0 Å². The quantitative estimate of drug-likeness (QED) is 0.653. The van der Waals surface area contributed by atoms with Crippen LogP contribution in [0, 0.1) is 0 Å². The van der Waals surface area contributed by atoms with Crippen molar-refractivity contribution in [1.29, 1.82) is 0 Å². The number of unbranched alkanes of at least 4 members (excludes halogenated alkanes) is 1. The lowest BCUT2D eigenvalue weighted by molar-refractivity contribution is -0.113. The van der Waals surface area contributed by atoms with E-state index in [4.69, 9.17) is 4.52 Å². The zero-order valence-electron chi connectivity index (χ0n) is 15.5. The van der Waals surface area contributed by atoms with E-state index in [1.54, 1.807) is 23.5 Å². The number of fused-ring (bicyclic) bond motifs is 1. The monoisotopic (exact) mass is 423 g/mol. The zero-order chi connectivity index (χ0) is 20.3. The van der Waals surface area contributed by atoms with Gasteiger partial charge in [-0.15, -0.1) is 0 Å². The van der Waals surface area contributed by atoms with Crippen molar-refractivity contribution in [2.24, 2.45) is 0 Å². The Morgan fingerprint density at radius 1 is 1.36 bits per heavy atom. The molecule has 1 aliphatic rings. The van der Waals surface area contributed by atoms with Gasteiger partial charge in [-0.1, -0.05) is 30.6 Å². The van der Waals surface area contributed by atoms with Crippen LogP contribution < -0.4 is 5.32 Å². The number of aromatic nitrogens is 1. The van der Waals surface area contributed by atoms with Crippen LogP contribution in [-0.2, 0) is 20.4 Å². The molecule has 1 aromatic carbocycles. The second-order valence-corrected chi connectivity index (χ2v) is 9.71. The summed E-state index contributed by atoms with van der Waals surface area (Å²) in [6, 6.07) is 8.59. The molecule has 3 rings (SSSR count). The first-order valence-corrected chi connectivity index (χ1v) is 11.3. The van der Waals surface area contributed by atoms with E-state index < -0.39 is 15.7 Å². The summed E-state index contributed by atoms with van der Waals surface area (Å²) in [4.78, 5) is 13.5. The molecule has 0 bridgehead atoms. The molecule has 150 valence electrons. The minimum absolute atomic E-state index is 0.0730. The first kappa shape index (κ1) is 20.3. The molecule has 8 nitrogen and oxygen atoms in total. The molecule has 10 heteroatoms. The van der Waals surface area contributed by atoms with Crippen LogP contribution >= 0.6 is 11.9 Å². The summed E-state index contributed by atoms with van der Waals surface area (Å²) in [7, 11) is -1.62. The maximum atomic E-state index is 12.7. The molecule has 0 unspecified atom stereocenters. The number of nitrogens with one attached hydrogen (secondary N) is 1. The fourth-order valence-electron chi connectivity index (χ4n) is 2.73. The highest BCUT2D eigenvalue weighted by Gasteiger charge is 2.29. The first-order chi connectivity index (χ1) is 13.3. The van der Waals surface area contributed by atoms with E-state index in [2.05, 4.69) is 10.5 Å². The van der Waals surface area contributed by atoms with Gasteiger partial charge in [-0.25, -0.2) is 8.42 Å². The topological polar surface area (TPSA) is 113 Å². The molecule has 0 atom stereocenters. The van der Waals surface area contributed by atoms with E-state index in [0.717, 1.165) is 11.3 Å². The number of carbonyl (C=O) groups excluding carboxylic acids is 1. The SMILES string of the molecule is CCCCS(=O)(=O)Cc1cc(NC(=O)C2=C(O)c3ccccc3SN2C)no1. The Kier molecular flexibility index (Phi) is 5.99. The average molecular weight is 424 g/mol. The van der Waals surface area contributed by atoms with Crippen molar-refractivity contribution in [3.8, 4) is 0 Å². The summed E-state index contributed by atoms with van der Waals surface area (Å²) in [6.07, 6.45) is 1.36. The van der Waals surface area contributed by atoms with Gasteiger partial charge in [0.15, 0.2) is 32.9 Å². The third kappa shape index (κ3) is 4.50. The molecule has 2 aromatic rings. The lowest BCUT2D eigenvalue weighted by Gasteiger charge is -2.27. The number of sulfone groups is 1.